The van der Waals surface area contributed by atoms with Crippen LogP contribution in [0.5, 0.6) is 0 Å². The molecular formula is C15H20O3. The summed E-state index contributed by atoms with van der Waals surface area (Å²) in [6.07, 6.45) is 3.47. The largest absolute Gasteiger partial charge is 0.377 e. The zero-order chi connectivity index (χ0) is 13.1. The molecule has 2 fully saturated rings. The molecule has 0 aromatic rings. The van der Waals surface area contributed by atoms with Crippen molar-refractivity contribution in [2.45, 2.75) is 38.4 Å². The number of carbonyl (C=O) groups excluding carboxylic acids is 1. The smallest absolute Gasteiger partial charge is 0.169 e. The highest BCUT2D eigenvalue weighted by atomic mass is 16.5. The van der Waals surface area contributed by atoms with Gasteiger partial charge in [0.2, 0.25) is 0 Å². The third-order valence-corrected chi connectivity index (χ3v) is 5.07. The van der Waals surface area contributed by atoms with Gasteiger partial charge in [0.1, 0.15) is 0 Å². The summed E-state index contributed by atoms with van der Waals surface area (Å²) in [5, 5.41) is 10.9. The molecule has 98 valence electrons. The van der Waals surface area contributed by atoms with E-state index in [4.69, 9.17) is 4.74 Å². The van der Waals surface area contributed by atoms with Gasteiger partial charge in [0.25, 0.3) is 0 Å². The number of hydrogen-bond acceptors (Lipinski definition) is 3. The lowest BCUT2D eigenvalue weighted by atomic mass is 9.55. The van der Waals surface area contributed by atoms with E-state index in [1.54, 1.807) is 0 Å². The zero-order valence-electron chi connectivity index (χ0n) is 11.0. The number of rotatable bonds is 0. The Balaban J connectivity index is 2.12. The quantitative estimate of drug-likeness (QED) is 0.666. The van der Waals surface area contributed by atoms with E-state index in [1.807, 2.05) is 6.92 Å². The maximum absolute atomic E-state index is 12.3. The van der Waals surface area contributed by atoms with Gasteiger partial charge in [-0.15, -0.1) is 0 Å². The number of hydrogen-bond donors (Lipinski definition) is 1. The first-order valence-corrected chi connectivity index (χ1v) is 6.68. The van der Waals surface area contributed by atoms with Gasteiger partial charge in [-0.2, -0.15) is 0 Å². The third kappa shape index (κ3) is 1.35. The molecule has 5 unspecified atom stereocenters. The van der Waals surface area contributed by atoms with Crippen molar-refractivity contribution in [2.75, 3.05) is 6.61 Å². The molecule has 0 bridgehead atoms. The van der Waals surface area contributed by atoms with Crippen molar-refractivity contribution in [3.63, 3.8) is 0 Å². The lowest BCUT2D eigenvalue weighted by Crippen LogP contribution is -2.64. The van der Waals surface area contributed by atoms with E-state index in [2.05, 4.69) is 19.6 Å². The van der Waals surface area contributed by atoms with Gasteiger partial charge in [-0.3, -0.25) is 4.79 Å². The predicted octanol–water partition coefficient (Wildman–Crippen LogP) is 1.86. The molecular weight excluding hydrogens is 228 g/mol. The van der Waals surface area contributed by atoms with Crippen LogP contribution in [-0.4, -0.2) is 29.2 Å². The maximum atomic E-state index is 12.3. The maximum Gasteiger partial charge on any atom is 0.169 e. The Kier molecular flexibility index (Phi) is 2.55. The molecule has 1 N–H and O–H groups in total. The van der Waals surface area contributed by atoms with E-state index in [1.165, 1.54) is 0 Å². The van der Waals surface area contributed by atoms with Crippen LogP contribution >= 0.6 is 0 Å². The van der Waals surface area contributed by atoms with Crippen LogP contribution in [0, 0.1) is 17.8 Å². The van der Waals surface area contributed by atoms with E-state index in [0.29, 0.717) is 23.8 Å². The number of Topliss-reactive ketones (excluding diaryl/α,β-unsaturated/α-hetero) is 1. The van der Waals surface area contributed by atoms with E-state index in [0.717, 1.165) is 12.0 Å². The van der Waals surface area contributed by atoms with Gasteiger partial charge in [0, 0.05) is 12.3 Å². The minimum atomic E-state index is -1.35. The fraction of sp³-hybridized carbons (Fsp3) is 0.667. The van der Waals surface area contributed by atoms with Crippen molar-refractivity contribution < 1.29 is 14.6 Å². The number of ketones is 1. The van der Waals surface area contributed by atoms with Gasteiger partial charge < -0.3 is 9.84 Å². The predicted molar refractivity (Wildman–Crippen MR) is 68.0 cm³/mol. The van der Waals surface area contributed by atoms with Crippen LogP contribution in [-0.2, 0) is 9.53 Å². The average molecular weight is 248 g/mol. The molecule has 1 heterocycles. The second kappa shape index (κ2) is 3.78. The lowest BCUT2D eigenvalue weighted by molar-refractivity contribution is -0.174. The molecule has 2 aliphatic carbocycles. The molecule has 1 saturated heterocycles. The molecule has 1 aliphatic heterocycles. The lowest BCUT2D eigenvalue weighted by Gasteiger charge is -2.54. The van der Waals surface area contributed by atoms with Gasteiger partial charge in [-0.1, -0.05) is 19.6 Å². The normalized spacial score (nSPS) is 47.6. The molecule has 0 radical (unpaired) electrons. The Morgan fingerprint density at radius 1 is 1.56 bits per heavy atom. The molecule has 0 amide bonds. The average Bonchev–Trinajstić information content (AvgIpc) is 2.32. The van der Waals surface area contributed by atoms with Gasteiger partial charge in [0.05, 0.1) is 12.7 Å². The second-order valence-corrected chi connectivity index (χ2v) is 6.08. The Bertz CT molecular complexity index is 451. The highest BCUT2D eigenvalue weighted by molar-refractivity contribution is 5.92. The van der Waals surface area contributed by atoms with Gasteiger partial charge >= 0.3 is 0 Å². The molecule has 3 rings (SSSR count). The third-order valence-electron chi connectivity index (χ3n) is 5.07. The number of allylic oxidation sites excluding steroid dienone is 1. The van der Waals surface area contributed by atoms with E-state index in [9.17, 15) is 9.90 Å². The van der Waals surface area contributed by atoms with Crippen molar-refractivity contribution >= 4 is 5.78 Å². The molecule has 18 heavy (non-hydrogen) atoms. The monoisotopic (exact) mass is 248 g/mol. The highest BCUT2D eigenvalue weighted by Gasteiger charge is 2.60. The standard InChI is InChI=1S/C15H20O3/c1-8-4-5-11-9(2)6-12(16)15(17)10(3)7-18-14(8)13(11)15/h4,9,11,13-14,17H,3,5-7H2,1-2H3. The van der Waals surface area contributed by atoms with Crippen LogP contribution < -0.4 is 0 Å². The van der Waals surface area contributed by atoms with Crippen molar-refractivity contribution in [2.24, 2.45) is 17.8 Å². The summed E-state index contributed by atoms with van der Waals surface area (Å²) >= 11 is 0. The fourth-order valence-corrected chi connectivity index (χ4v) is 3.96. The zero-order valence-corrected chi connectivity index (χ0v) is 11.0. The minimum absolute atomic E-state index is 0.0655. The summed E-state index contributed by atoms with van der Waals surface area (Å²) in [5.74, 6) is 0.423. The summed E-state index contributed by atoms with van der Waals surface area (Å²) in [4.78, 5) is 12.3. The molecule has 3 nitrogen and oxygen atoms in total. The molecule has 0 aromatic heterocycles. The Hall–Kier alpha value is -0.930. The molecule has 0 spiro atoms. The topological polar surface area (TPSA) is 46.5 Å². The Morgan fingerprint density at radius 3 is 3.00 bits per heavy atom. The summed E-state index contributed by atoms with van der Waals surface area (Å²) < 4.78 is 5.82. The fourth-order valence-electron chi connectivity index (χ4n) is 3.96. The van der Waals surface area contributed by atoms with Crippen molar-refractivity contribution in [3.05, 3.63) is 23.8 Å². The summed E-state index contributed by atoms with van der Waals surface area (Å²) in [6.45, 7) is 8.30. The molecule has 3 heteroatoms. The van der Waals surface area contributed by atoms with Crippen LogP contribution in [0.15, 0.2) is 23.8 Å². The van der Waals surface area contributed by atoms with Gasteiger partial charge in [-0.05, 0) is 36.3 Å². The van der Waals surface area contributed by atoms with Crippen molar-refractivity contribution in [3.8, 4) is 0 Å². The molecule has 0 aromatic carbocycles. The van der Waals surface area contributed by atoms with E-state index < -0.39 is 5.60 Å². The Labute approximate surface area is 108 Å². The van der Waals surface area contributed by atoms with Crippen molar-refractivity contribution in [1.29, 1.82) is 0 Å². The van der Waals surface area contributed by atoms with Crippen LogP contribution in [0.4, 0.5) is 0 Å². The first-order valence-electron chi connectivity index (χ1n) is 6.68. The second-order valence-electron chi connectivity index (χ2n) is 6.08. The highest BCUT2D eigenvalue weighted by Crippen LogP contribution is 2.52. The Morgan fingerprint density at radius 2 is 2.28 bits per heavy atom. The van der Waals surface area contributed by atoms with Crippen molar-refractivity contribution in [1.82, 2.24) is 0 Å². The first kappa shape index (κ1) is 12.1. The van der Waals surface area contributed by atoms with Crippen LogP contribution in [0.3, 0.4) is 0 Å². The molecule has 3 aliphatic rings. The minimum Gasteiger partial charge on any atom is -0.377 e. The molecule has 5 atom stereocenters. The van der Waals surface area contributed by atoms with E-state index >= 15 is 0 Å². The van der Waals surface area contributed by atoms with Gasteiger partial charge in [0.15, 0.2) is 11.4 Å². The summed E-state index contributed by atoms with van der Waals surface area (Å²) in [7, 11) is 0. The number of aliphatic hydroxyl groups is 1. The SMILES string of the molecule is C=C1COC2C(C)=CCC3C(C)CC(=O)C1(O)C23. The van der Waals surface area contributed by atoms with Crippen LogP contribution in [0.1, 0.15) is 26.7 Å². The van der Waals surface area contributed by atoms with Gasteiger partial charge in [-0.25, -0.2) is 0 Å². The number of carbonyl (C=O) groups is 1. The summed E-state index contributed by atoms with van der Waals surface area (Å²) in [5.41, 5.74) is 0.333. The van der Waals surface area contributed by atoms with E-state index in [-0.39, 0.29) is 24.4 Å². The molecule has 1 saturated carbocycles. The number of ether oxygens (including phenoxy) is 1. The first-order chi connectivity index (χ1) is 8.46. The summed E-state index contributed by atoms with van der Waals surface area (Å²) in [6, 6.07) is 0. The van der Waals surface area contributed by atoms with Crippen LogP contribution in [0.2, 0.25) is 0 Å². The van der Waals surface area contributed by atoms with Crippen LogP contribution in [0.25, 0.3) is 0 Å².